The fourth-order valence-electron chi connectivity index (χ4n) is 3.24. The molecule has 3 atom stereocenters. The molecule has 2 rings (SSSR count). The number of pyridine rings is 1. The number of nitrogens with one attached hydrogen (secondary N) is 1. The van der Waals surface area contributed by atoms with Crippen LogP contribution in [-0.2, 0) is 25.3 Å². The summed E-state index contributed by atoms with van der Waals surface area (Å²) in [6.07, 6.45) is 1.30. The number of rotatable bonds is 7. The molecule has 1 aromatic heterocycles. The van der Waals surface area contributed by atoms with E-state index >= 15 is 0 Å². The van der Waals surface area contributed by atoms with Crippen molar-refractivity contribution in [3.63, 3.8) is 0 Å². The largest absolute Gasteiger partial charge is 0.506 e. The van der Waals surface area contributed by atoms with Gasteiger partial charge >= 0.3 is 13.8 Å². The van der Waals surface area contributed by atoms with Crippen LogP contribution in [0.1, 0.15) is 35.7 Å². The van der Waals surface area contributed by atoms with Gasteiger partial charge in [-0.2, -0.15) is 0 Å². The van der Waals surface area contributed by atoms with Gasteiger partial charge in [0.05, 0.1) is 18.2 Å². The van der Waals surface area contributed by atoms with Crippen molar-refractivity contribution in [2.75, 3.05) is 7.05 Å². The second-order valence-corrected chi connectivity index (χ2v) is 7.45. The minimum Gasteiger partial charge on any atom is -0.506 e. The van der Waals surface area contributed by atoms with Gasteiger partial charge in [0.1, 0.15) is 11.5 Å². The number of hydrogen-bond donors (Lipinski definition) is 5. The zero-order chi connectivity index (χ0) is 19.6. The van der Waals surface area contributed by atoms with Crippen LogP contribution in [0.3, 0.4) is 0 Å². The molecule has 10 nitrogen and oxygen atoms in total. The zero-order valence-corrected chi connectivity index (χ0v) is 15.1. The van der Waals surface area contributed by atoms with E-state index in [0.717, 1.165) is 0 Å². The first-order chi connectivity index (χ1) is 12.0. The zero-order valence-electron chi connectivity index (χ0n) is 14.2. The SMILES string of the molecule is CNC(c1c(COP(=O)(O)O)cnc(C)c1O)C1C[C@H](C(=O)O)CC1=O. The molecular weight excluding hydrogens is 367 g/mol. The number of carboxylic acids is 1. The number of phosphoric acid groups is 1. The third-order valence-corrected chi connectivity index (χ3v) is 4.98. The maximum absolute atomic E-state index is 12.3. The summed E-state index contributed by atoms with van der Waals surface area (Å²) in [5.74, 6) is -3.06. The van der Waals surface area contributed by atoms with Gasteiger partial charge in [0.2, 0.25) is 0 Å². The van der Waals surface area contributed by atoms with Crippen LogP contribution < -0.4 is 5.32 Å². The van der Waals surface area contributed by atoms with Crippen molar-refractivity contribution in [2.24, 2.45) is 11.8 Å². The fourth-order valence-corrected chi connectivity index (χ4v) is 3.55. The fraction of sp³-hybridized carbons (Fsp3) is 0.533. The van der Waals surface area contributed by atoms with Gasteiger partial charge in [0.15, 0.2) is 0 Å². The minimum atomic E-state index is -4.75. The maximum Gasteiger partial charge on any atom is 0.469 e. The summed E-state index contributed by atoms with van der Waals surface area (Å²) in [6.45, 7) is 1.01. The number of aryl methyl sites for hydroxylation is 1. The predicted molar refractivity (Wildman–Crippen MR) is 88.1 cm³/mol. The molecule has 0 bridgehead atoms. The highest BCUT2D eigenvalue weighted by Crippen LogP contribution is 2.43. The number of aliphatic carboxylic acids is 1. The van der Waals surface area contributed by atoms with E-state index in [9.17, 15) is 19.3 Å². The molecule has 0 aromatic carbocycles. The normalized spacial score (nSPS) is 21.8. The lowest BCUT2D eigenvalue weighted by Gasteiger charge is -2.26. The Morgan fingerprint density at radius 1 is 1.50 bits per heavy atom. The third-order valence-electron chi connectivity index (χ3n) is 4.52. The van der Waals surface area contributed by atoms with Crippen molar-refractivity contribution in [2.45, 2.75) is 32.4 Å². The lowest BCUT2D eigenvalue weighted by atomic mass is 9.87. The van der Waals surface area contributed by atoms with Crippen molar-refractivity contribution in [3.05, 3.63) is 23.0 Å². The standard InChI is InChI=1S/C15H21N2O8P/c1-7-14(19)12(9(5-17-7)6-25-26(22,23)24)13(16-2)10-3-8(15(20)21)4-11(10)18/h5,8,10,13,16,19H,3-4,6H2,1-2H3,(H,20,21)(H2,22,23,24)/t8-,10?,13?/m0/s1. The van der Waals surface area contributed by atoms with Gasteiger partial charge in [0.25, 0.3) is 0 Å². The number of carboxylic acid groups (broad SMARTS) is 1. The van der Waals surface area contributed by atoms with Gasteiger partial charge in [-0.25, -0.2) is 4.57 Å². The highest BCUT2D eigenvalue weighted by atomic mass is 31.2. The van der Waals surface area contributed by atoms with Gasteiger partial charge in [0, 0.05) is 35.7 Å². The number of phosphoric ester groups is 1. The second-order valence-electron chi connectivity index (χ2n) is 6.21. The van der Waals surface area contributed by atoms with Crippen LogP contribution >= 0.6 is 7.82 Å². The quantitative estimate of drug-likeness (QED) is 0.418. The van der Waals surface area contributed by atoms with Gasteiger partial charge in [-0.15, -0.1) is 0 Å². The Morgan fingerprint density at radius 3 is 2.65 bits per heavy atom. The highest BCUT2D eigenvalue weighted by molar-refractivity contribution is 7.46. The number of aromatic hydroxyl groups is 1. The summed E-state index contributed by atoms with van der Waals surface area (Å²) >= 11 is 0. The van der Waals surface area contributed by atoms with Crippen LogP contribution in [0.15, 0.2) is 6.20 Å². The van der Waals surface area contributed by atoms with Crippen molar-refractivity contribution in [1.82, 2.24) is 10.3 Å². The molecule has 1 saturated carbocycles. The van der Waals surface area contributed by atoms with Crippen molar-refractivity contribution in [1.29, 1.82) is 0 Å². The minimum absolute atomic E-state index is 0.0965. The lowest BCUT2D eigenvalue weighted by molar-refractivity contribution is -0.142. The Morgan fingerprint density at radius 2 is 2.15 bits per heavy atom. The topological polar surface area (TPSA) is 166 Å². The number of hydrogen-bond acceptors (Lipinski definition) is 7. The molecule has 2 unspecified atom stereocenters. The lowest BCUT2D eigenvalue weighted by Crippen LogP contribution is -2.29. The Kier molecular flexibility index (Phi) is 6.15. The summed E-state index contributed by atoms with van der Waals surface area (Å²) in [5, 5.41) is 22.5. The molecule has 1 fully saturated rings. The van der Waals surface area contributed by atoms with Crippen molar-refractivity contribution in [3.8, 4) is 5.75 Å². The molecule has 1 aliphatic carbocycles. The number of aromatic nitrogens is 1. The van der Waals surface area contributed by atoms with Gasteiger partial charge in [-0.3, -0.25) is 19.1 Å². The first-order valence-corrected chi connectivity index (χ1v) is 9.38. The van der Waals surface area contributed by atoms with Crippen LogP contribution in [0.25, 0.3) is 0 Å². The monoisotopic (exact) mass is 388 g/mol. The first-order valence-electron chi connectivity index (χ1n) is 7.85. The van der Waals surface area contributed by atoms with Gasteiger partial charge in [-0.1, -0.05) is 0 Å². The maximum atomic E-state index is 12.3. The Bertz CT molecular complexity index is 762. The Labute approximate surface area is 149 Å². The van der Waals surface area contributed by atoms with Crippen LogP contribution in [0.4, 0.5) is 0 Å². The summed E-state index contributed by atoms with van der Waals surface area (Å²) < 4.78 is 15.5. The molecule has 5 N–H and O–H groups in total. The molecule has 1 heterocycles. The molecule has 0 amide bonds. The van der Waals surface area contributed by atoms with E-state index < -0.39 is 38.3 Å². The van der Waals surface area contributed by atoms with E-state index in [-0.39, 0.29) is 41.2 Å². The second kappa shape index (κ2) is 7.81. The first kappa shape index (κ1) is 20.5. The van der Waals surface area contributed by atoms with Gasteiger partial charge in [-0.05, 0) is 20.4 Å². The van der Waals surface area contributed by atoms with Gasteiger partial charge < -0.3 is 25.3 Å². The van der Waals surface area contributed by atoms with Crippen LogP contribution in [0, 0.1) is 18.8 Å². The smallest absolute Gasteiger partial charge is 0.469 e. The number of Topliss-reactive ketones (excluding diaryl/α,β-unsaturated/α-hetero) is 1. The Hall–Kier alpha value is -1.84. The van der Waals surface area contributed by atoms with E-state index in [4.69, 9.17) is 14.9 Å². The molecule has 0 saturated heterocycles. The van der Waals surface area contributed by atoms with E-state index in [1.807, 2.05) is 0 Å². The molecule has 1 aliphatic rings. The van der Waals surface area contributed by atoms with Crippen LogP contribution in [0.2, 0.25) is 0 Å². The average Bonchev–Trinajstić information content (AvgIpc) is 2.92. The highest BCUT2D eigenvalue weighted by Gasteiger charge is 2.42. The summed E-state index contributed by atoms with van der Waals surface area (Å²) in [6, 6.07) is -0.746. The third kappa shape index (κ3) is 4.46. The molecule has 144 valence electrons. The molecular formula is C15H21N2O8P. The summed E-state index contributed by atoms with van der Waals surface area (Å²) in [5.41, 5.74) is 0.681. The number of nitrogens with zero attached hydrogens (tertiary/aromatic N) is 1. The number of carbonyl (C=O) groups is 2. The van der Waals surface area contributed by atoms with E-state index in [0.29, 0.717) is 0 Å². The summed E-state index contributed by atoms with van der Waals surface area (Å²) in [4.78, 5) is 45.3. The van der Waals surface area contributed by atoms with E-state index in [2.05, 4.69) is 14.8 Å². The van der Waals surface area contributed by atoms with Crippen LogP contribution in [-0.4, -0.2) is 43.8 Å². The van der Waals surface area contributed by atoms with Crippen molar-refractivity contribution >= 4 is 19.6 Å². The number of ketones is 1. The molecule has 0 radical (unpaired) electrons. The van der Waals surface area contributed by atoms with Crippen LogP contribution in [0.5, 0.6) is 5.75 Å². The molecule has 0 spiro atoms. The average molecular weight is 388 g/mol. The Balaban J connectivity index is 2.43. The molecule has 11 heteroatoms. The van der Waals surface area contributed by atoms with E-state index in [1.165, 1.54) is 13.1 Å². The summed E-state index contributed by atoms with van der Waals surface area (Å²) in [7, 11) is -3.20. The molecule has 0 aliphatic heterocycles. The van der Waals surface area contributed by atoms with E-state index in [1.54, 1.807) is 7.05 Å². The predicted octanol–water partition coefficient (Wildman–Crippen LogP) is 0.645. The molecule has 1 aromatic rings. The van der Waals surface area contributed by atoms with Crippen molar-refractivity contribution < 1.29 is 38.7 Å². The molecule has 26 heavy (non-hydrogen) atoms. The number of carbonyl (C=O) groups excluding carboxylic acids is 1.